The summed E-state index contributed by atoms with van der Waals surface area (Å²) in [7, 11) is -3.64. The van der Waals surface area contributed by atoms with Crippen molar-refractivity contribution in [2.75, 3.05) is 36.9 Å². The molecule has 0 atom stereocenters. The second-order valence-corrected chi connectivity index (χ2v) is 9.04. The van der Waals surface area contributed by atoms with Crippen LogP contribution in [0.5, 0.6) is 11.5 Å². The molecule has 0 heterocycles. The van der Waals surface area contributed by atoms with Crippen molar-refractivity contribution in [2.45, 2.75) is 20.3 Å². The van der Waals surface area contributed by atoms with Crippen molar-refractivity contribution >= 4 is 33.2 Å². The van der Waals surface area contributed by atoms with Crippen LogP contribution >= 0.6 is 11.6 Å². The van der Waals surface area contributed by atoms with Crippen molar-refractivity contribution < 1.29 is 22.7 Å². The molecule has 2 aromatic carbocycles. The van der Waals surface area contributed by atoms with Crippen LogP contribution in [-0.4, -0.2) is 46.9 Å². The predicted molar refractivity (Wildman–Crippen MR) is 119 cm³/mol. The lowest BCUT2D eigenvalue weighted by Crippen LogP contribution is -2.41. The maximum atomic E-state index is 12.3. The van der Waals surface area contributed by atoms with E-state index in [0.717, 1.165) is 22.5 Å². The fraction of sp³-hybridized carbons (Fsp3) is 0.381. The Morgan fingerprint density at radius 1 is 1.07 bits per heavy atom. The first-order valence-corrected chi connectivity index (χ1v) is 11.8. The fourth-order valence-corrected chi connectivity index (χ4v) is 3.56. The molecule has 2 aromatic rings. The van der Waals surface area contributed by atoms with Crippen LogP contribution in [0.1, 0.15) is 18.9 Å². The van der Waals surface area contributed by atoms with Gasteiger partial charge in [0.2, 0.25) is 15.9 Å². The van der Waals surface area contributed by atoms with E-state index in [1.807, 2.05) is 19.9 Å². The summed E-state index contributed by atoms with van der Waals surface area (Å²) in [5, 5.41) is 3.27. The van der Waals surface area contributed by atoms with Crippen LogP contribution in [0.15, 0.2) is 42.5 Å². The molecule has 0 aliphatic heterocycles. The van der Waals surface area contributed by atoms with Gasteiger partial charge >= 0.3 is 0 Å². The smallest absolute Gasteiger partial charge is 0.240 e. The predicted octanol–water partition coefficient (Wildman–Crippen LogP) is 3.40. The molecule has 164 valence electrons. The molecule has 9 heteroatoms. The molecule has 0 aromatic heterocycles. The van der Waals surface area contributed by atoms with Crippen LogP contribution in [0.2, 0.25) is 5.02 Å². The van der Waals surface area contributed by atoms with Gasteiger partial charge in [0.15, 0.2) is 0 Å². The molecule has 7 nitrogen and oxygen atoms in total. The molecule has 0 bridgehead atoms. The van der Waals surface area contributed by atoms with Crippen molar-refractivity contribution in [3.05, 3.63) is 53.1 Å². The van der Waals surface area contributed by atoms with E-state index >= 15 is 0 Å². The van der Waals surface area contributed by atoms with Crippen LogP contribution < -0.4 is 19.1 Å². The van der Waals surface area contributed by atoms with E-state index < -0.39 is 15.9 Å². The molecule has 0 saturated heterocycles. The largest absolute Gasteiger partial charge is 0.494 e. The number of amides is 1. The molecule has 0 aliphatic rings. The standard InChI is InChI=1S/C21H27ClN2O5S/c1-4-12-28-18-9-6-17(7-10-18)24(30(3,26)27)15-21(25)23-11-13-29-19-8-5-16(2)20(22)14-19/h5-10,14H,4,11-13,15H2,1-3H3,(H,23,25). The van der Waals surface area contributed by atoms with Gasteiger partial charge in [-0.2, -0.15) is 0 Å². The van der Waals surface area contributed by atoms with E-state index in [1.165, 1.54) is 0 Å². The van der Waals surface area contributed by atoms with Crippen LogP contribution in [0.3, 0.4) is 0 Å². The number of anilines is 1. The zero-order chi connectivity index (χ0) is 22.1. The number of sulfonamides is 1. The third-order valence-corrected chi connectivity index (χ3v) is 5.67. The van der Waals surface area contributed by atoms with Crippen molar-refractivity contribution in [1.82, 2.24) is 5.32 Å². The second-order valence-electron chi connectivity index (χ2n) is 6.72. The topological polar surface area (TPSA) is 84.9 Å². The maximum absolute atomic E-state index is 12.3. The van der Waals surface area contributed by atoms with Gasteiger partial charge in [-0.3, -0.25) is 9.10 Å². The molecule has 1 amide bonds. The first kappa shape index (κ1) is 23.8. The minimum atomic E-state index is -3.64. The zero-order valence-electron chi connectivity index (χ0n) is 17.4. The summed E-state index contributed by atoms with van der Waals surface area (Å²) in [6.07, 6.45) is 1.93. The minimum Gasteiger partial charge on any atom is -0.494 e. The number of carbonyl (C=O) groups excluding carboxylic acids is 1. The molecule has 0 aliphatic carbocycles. The number of hydrogen-bond donors (Lipinski definition) is 1. The van der Waals surface area contributed by atoms with E-state index in [1.54, 1.807) is 36.4 Å². The summed E-state index contributed by atoms with van der Waals surface area (Å²) in [4.78, 5) is 12.3. The Morgan fingerprint density at radius 3 is 2.30 bits per heavy atom. The average molecular weight is 455 g/mol. The molecule has 0 spiro atoms. The van der Waals surface area contributed by atoms with Crippen LogP contribution in [0.4, 0.5) is 5.69 Å². The van der Waals surface area contributed by atoms with E-state index in [2.05, 4.69) is 5.32 Å². The SMILES string of the molecule is CCCOc1ccc(N(CC(=O)NCCOc2ccc(C)c(Cl)c2)S(C)(=O)=O)cc1. The lowest BCUT2D eigenvalue weighted by atomic mass is 10.2. The molecular formula is C21H27ClN2O5S. The molecule has 2 rings (SSSR count). The number of halogens is 1. The highest BCUT2D eigenvalue weighted by Gasteiger charge is 2.20. The lowest BCUT2D eigenvalue weighted by Gasteiger charge is -2.22. The minimum absolute atomic E-state index is 0.228. The lowest BCUT2D eigenvalue weighted by molar-refractivity contribution is -0.119. The van der Waals surface area contributed by atoms with Crippen LogP contribution in [0, 0.1) is 6.92 Å². The summed E-state index contributed by atoms with van der Waals surface area (Å²) in [5.41, 5.74) is 1.34. The third-order valence-electron chi connectivity index (χ3n) is 4.12. The summed E-state index contributed by atoms with van der Waals surface area (Å²) in [6.45, 7) is 4.60. The van der Waals surface area contributed by atoms with E-state index in [9.17, 15) is 13.2 Å². The average Bonchev–Trinajstić information content (AvgIpc) is 2.70. The highest BCUT2D eigenvalue weighted by molar-refractivity contribution is 7.92. The van der Waals surface area contributed by atoms with Crippen LogP contribution in [0.25, 0.3) is 0 Å². The van der Waals surface area contributed by atoms with Crippen molar-refractivity contribution in [1.29, 1.82) is 0 Å². The molecule has 0 fully saturated rings. The van der Waals surface area contributed by atoms with Gasteiger partial charge in [0, 0.05) is 5.02 Å². The van der Waals surface area contributed by atoms with Gasteiger partial charge in [0.05, 0.1) is 25.1 Å². The van der Waals surface area contributed by atoms with Crippen molar-refractivity contribution in [3.63, 3.8) is 0 Å². The molecule has 0 unspecified atom stereocenters. The summed E-state index contributed by atoms with van der Waals surface area (Å²) < 4.78 is 36.5. The highest BCUT2D eigenvalue weighted by atomic mass is 35.5. The van der Waals surface area contributed by atoms with Gasteiger partial charge in [-0.25, -0.2) is 8.42 Å². The number of rotatable bonds is 11. The van der Waals surface area contributed by atoms with E-state index in [0.29, 0.717) is 28.8 Å². The van der Waals surface area contributed by atoms with Crippen LogP contribution in [-0.2, 0) is 14.8 Å². The molecule has 0 radical (unpaired) electrons. The summed E-state index contributed by atoms with van der Waals surface area (Å²) >= 11 is 6.05. The molecule has 30 heavy (non-hydrogen) atoms. The number of carbonyl (C=O) groups is 1. The van der Waals surface area contributed by atoms with Gasteiger partial charge in [-0.1, -0.05) is 24.6 Å². The van der Waals surface area contributed by atoms with Crippen molar-refractivity contribution in [2.24, 2.45) is 0 Å². The Hall–Kier alpha value is -2.45. The summed E-state index contributed by atoms with van der Waals surface area (Å²) in [6, 6.07) is 11.9. The van der Waals surface area contributed by atoms with Gasteiger partial charge in [0.25, 0.3) is 0 Å². The summed E-state index contributed by atoms with van der Waals surface area (Å²) in [5.74, 6) is 0.812. The molecule has 1 N–H and O–H groups in total. The van der Waals surface area contributed by atoms with Gasteiger partial charge in [-0.05, 0) is 55.3 Å². The normalized spacial score (nSPS) is 11.1. The van der Waals surface area contributed by atoms with Gasteiger partial charge in [0.1, 0.15) is 24.7 Å². The Morgan fingerprint density at radius 2 is 1.70 bits per heavy atom. The number of nitrogens with zero attached hydrogens (tertiary/aromatic N) is 1. The molecular weight excluding hydrogens is 428 g/mol. The van der Waals surface area contributed by atoms with E-state index in [-0.39, 0.29) is 19.7 Å². The Balaban J connectivity index is 1.89. The Bertz CT molecular complexity index is 948. The molecule has 0 saturated carbocycles. The number of ether oxygens (including phenoxy) is 2. The van der Waals surface area contributed by atoms with Crippen molar-refractivity contribution in [3.8, 4) is 11.5 Å². The maximum Gasteiger partial charge on any atom is 0.240 e. The van der Waals surface area contributed by atoms with Gasteiger partial charge < -0.3 is 14.8 Å². The number of benzene rings is 2. The highest BCUT2D eigenvalue weighted by Crippen LogP contribution is 2.22. The second kappa shape index (κ2) is 11.1. The number of aryl methyl sites for hydroxylation is 1. The number of nitrogens with one attached hydrogen (secondary N) is 1. The monoisotopic (exact) mass is 454 g/mol. The number of hydrogen-bond acceptors (Lipinski definition) is 5. The Kier molecular flexibility index (Phi) is 8.80. The fourth-order valence-electron chi connectivity index (χ4n) is 2.54. The quantitative estimate of drug-likeness (QED) is 0.526. The first-order chi connectivity index (χ1) is 14.2. The Labute approximate surface area is 183 Å². The third kappa shape index (κ3) is 7.42. The van der Waals surface area contributed by atoms with E-state index in [4.69, 9.17) is 21.1 Å². The van der Waals surface area contributed by atoms with Gasteiger partial charge in [-0.15, -0.1) is 0 Å². The zero-order valence-corrected chi connectivity index (χ0v) is 18.9. The first-order valence-electron chi connectivity index (χ1n) is 9.57.